The van der Waals surface area contributed by atoms with E-state index in [1.165, 1.54) is 12.1 Å². The summed E-state index contributed by atoms with van der Waals surface area (Å²) in [7, 11) is 0. The molecule has 108 valence electrons. The lowest BCUT2D eigenvalue weighted by molar-refractivity contribution is -0.128. The highest BCUT2D eigenvalue weighted by atomic mass is 16.1. The van der Waals surface area contributed by atoms with Crippen LogP contribution in [0.2, 0.25) is 0 Å². The summed E-state index contributed by atoms with van der Waals surface area (Å²) in [5.74, 6) is 0.438. The van der Waals surface area contributed by atoms with Gasteiger partial charge in [-0.15, -0.1) is 0 Å². The average Bonchev–Trinajstić information content (AvgIpc) is 2.45. The second kappa shape index (κ2) is 8.13. The number of hydrogen-bond acceptors (Lipinski definition) is 3. The van der Waals surface area contributed by atoms with Crippen molar-refractivity contribution in [2.75, 3.05) is 6.54 Å². The van der Waals surface area contributed by atoms with E-state index in [4.69, 9.17) is 0 Å². The van der Waals surface area contributed by atoms with Crippen LogP contribution in [0.15, 0.2) is 16.8 Å². The Morgan fingerprint density at radius 1 is 1.42 bits per heavy atom. The number of aliphatic imine (C=N–C) groups is 1. The van der Waals surface area contributed by atoms with Crippen LogP contribution in [0.5, 0.6) is 0 Å². The number of rotatable bonds is 9. The number of unbranched alkanes of at least 4 members (excludes halogenated alkanes) is 1. The molecular formula is C16H28N2O. The van der Waals surface area contributed by atoms with Crippen LogP contribution in [0.1, 0.15) is 65.7 Å². The lowest BCUT2D eigenvalue weighted by Gasteiger charge is -2.26. The molecule has 1 heterocycles. The minimum atomic E-state index is -0.105. The molecule has 0 saturated carbocycles. The lowest BCUT2D eigenvalue weighted by Crippen LogP contribution is -2.27. The molecule has 0 aromatic carbocycles. The molecule has 1 unspecified atom stereocenters. The number of allylic oxidation sites excluding steroid dienone is 1. The van der Waals surface area contributed by atoms with Crippen molar-refractivity contribution >= 4 is 12.1 Å². The van der Waals surface area contributed by atoms with Gasteiger partial charge in [-0.25, -0.2) is 0 Å². The molecule has 1 rings (SSSR count). The Balaban J connectivity index is 2.34. The Hall–Kier alpha value is -1.12. The minimum Gasteiger partial charge on any atom is -0.350 e. The molecular weight excluding hydrogens is 236 g/mol. The molecule has 1 N–H and O–H groups in total. The van der Waals surface area contributed by atoms with Crippen molar-refractivity contribution in [1.82, 2.24) is 5.32 Å². The van der Waals surface area contributed by atoms with Gasteiger partial charge >= 0.3 is 0 Å². The van der Waals surface area contributed by atoms with Gasteiger partial charge in [-0.1, -0.05) is 33.6 Å². The number of carbonyl (C=O) groups excluding carboxylic acids is 1. The fourth-order valence-corrected chi connectivity index (χ4v) is 2.40. The zero-order chi connectivity index (χ0) is 14.1. The van der Waals surface area contributed by atoms with Crippen molar-refractivity contribution < 1.29 is 4.79 Å². The van der Waals surface area contributed by atoms with Crippen LogP contribution < -0.4 is 5.32 Å². The van der Waals surface area contributed by atoms with Gasteiger partial charge in [0.05, 0.1) is 12.9 Å². The maximum atomic E-state index is 12.4. The van der Waals surface area contributed by atoms with Crippen LogP contribution in [0, 0.1) is 5.41 Å². The summed E-state index contributed by atoms with van der Waals surface area (Å²) in [4.78, 5) is 16.5. The van der Waals surface area contributed by atoms with E-state index in [0.29, 0.717) is 12.2 Å². The summed E-state index contributed by atoms with van der Waals surface area (Å²) in [5.41, 5.74) is 1.10. The second-order valence-electron chi connectivity index (χ2n) is 5.66. The summed E-state index contributed by atoms with van der Waals surface area (Å²) in [6, 6.07) is 0. The topological polar surface area (TPSA) is 41.5 Å². The van der Waals surface area contributed by atoms with Crippen molar-refractivity contribution in [2.24, 2.45) is 10.4 Å². The number of carbonyl (C=O) groups is 1. The van der Waals surface area contributed by atoms with Crippen LogP contribution in [0.4, 0.5) is 0 Å². The molecule has 0 amide bonds. The zero-order valence-electron chi connectivity index (χ0n) is 12.7. The Morgan fingerprint density at radius 2 is 2.21 bits per heavy atom. The quantitative estimate of drug-likeness (QED) is 0.687. The fourth-order valence-electron chi connectivity index (χ4n) is 2.40. The smallest absolute Gasteiger partial charge is 0.138 e. The summed E-state index contributed by atoms with van der Waals surface area (Å²) in [5, 5.41) is 3.14. The van der Waals surface area contributed by atoms with Gasteiger partial charge in [0.1, 0.15) is 5.78 Å². The first-order valence-electron chi connectivity index (χ1n) is 7.59. The first kappa shape index (κ1) is 15.9. The Kier molecular flexibility index (Phi) is 6.82. The van der Waals surface area contributed by atoms with E-state index in [0.717, 1.165) is 38.6 Å². The van der Waals surface area contributed by atoms with E-state index in [1.807, 2.05) is 0 Å². The van der Waals surface area contributed by atoms with E-state index in [9.17, 15) is 4.79 Å². The van der Waals surface area contributed by atoms with Crippen LogP contribution in [0.3, 0.4) is 0 Å². The van der Waals surface area contributed by atoms with Gasteiger partial charge in [-0.05, 0) is 31.8 Å². The molecule has 0 spiro atoms. The highest BCUT2D eigenvalue weighted by molar-refractivity contribution is 5.84. The minimum absolute atomic E-state index is 0.105. The summed E-state index contributed by atoms with van der Waals surface area (Å²) >= 11 is 0. The molecule has 0 aromatic rings. The molecule has 0 radical (unpaired) electrons. The number of hydrogen-bond donors (Lipinski definition) is 1. The van der Waals surface area contributed by atoms with E-state index < -0.39 is 0 Å². The lowest BCUT2D eigenvalue weighted by atomic mass is 9.77. The van der Waals surface area contributed by atoms with E-state index in [2.05, 4.69) is 37.2 Å². The predicted octanol–water partition coefficient (Wildman–Crippen LogP) is 3.85. The number of nitrogens with zero attached hydrogens (tertiary/aromatic N) is 1. The monoisotopic (exact) mass is 264 g/mol. The highest BCUT2D eigenvalue weighted by Crippen LogP contribution is 2.31. The molecule has 0 aromatic heterocycles. The molecule has 0 fully saturated rings. The summed E-state index contributed by atoms with van der Waals surface area (Å²) < 4.78 is 0. The summed E-state index contributed by atoms with van der Waals surface area (Å²) in [6.45, 7) is 7.22. The highest BCUT2D eigenvalue weighted by Gasteiger charge is 2.29. The maximum Gasteiger partial charge on any atom is 0.138 e. The first-order valence-corrected chi connectivity index (χ1v) is 7.59. The van der Waals surface area contributed by atoms with Gasteiger partial charge in [0.2, 0.25) is 0 Å². The van der Waals surface area contributed by atoms with Crippen molar-refractivity contribution in [1.29, 1.82) is 0 Å². The summed E-state index contributed by atoms with van der Waals surface area (Å²) in [6.07, 6.45) is 10.7. The second-order valence-corrected chi connectivity index (χ2v) is 5.66. The van der Waals surface area contributed by atoms with E-state index >= 15 is 0 Å². The molecule has 19 heavy (non-hydrogen) atoms. The van der Waals surface area contributed by atoms with E-state index in [-0.39, 0.29) is 5.41 Å². The van der Waals surface area contributed by atoms with Gasteiger partial charge < -0.3 is 5.32 Å². The largest absolute Gasteiger partial charge is 0.350 e. The Labute approximate surface area is 117 Å². The number of nitrogens with one attached hydrogen (secondary N) is 1. The van der Waals surface area contributed by atoms with E-state index in [1.54, 1.807) is 6.34 Å². The molecule has 0 bridgehead atoms. The van der Waals surface area contributed by atoms with Crippen molar-refractivity contribution in [2.45, 2.75) is 65.7 Å². The predicted molar refractivity (Wildman–Crippen MR) is 81.4 cm³/mol. The van der Waals surface area contributed by atoms with Gasteiger partial charge in [-0.3, -0.25) is 9.79 Å². The normalized spacial score (nSPS) is 17.5. The van der Waals surface area contributed by atoms with Gasteiger partial charge in [0, 0.05) is 17.5 Å². The zero-order valence-corrected chi connectivity index (χ0v) is 12.7. The third-order valence-electron chi connectivity index (χ3n) is 4.17. The third kappa shape index (κ3) is 5.17. The Morgan fingerprint density at radius 3 is 2.79 bits per heavy atom. The standard InChI is InChI=1S/C16H28N2O/c1-4-6-11-16(3,5-2)15(19)9-7-8-14-10-12-17-13-18-14/h10,13H,4-9,11-12H2,1-3H3,(H,17,18). The average molecular weight is 264 g/mol. The number of ketones is 1. The van der Waals surface area contributed by atoms with Crippen LogP contribution in [-0.4, -0.2) is 18.7 Å². The van der Waals surface area contributed by atoms with Crippen LogP contribution in [0.25, 0.3) is 0 Å². The van der Waals surface area contributed by atoms with Crippen molar-refractivity contribution in [3.63, 3.8) is 0 Å². The Bertz CT molecular complexity index is 347. The van der Waals surface area contributed by atoms with Crippen LogP contribution in [-0.2, 0) is 4.79 Å². The maximum absolute atomic E-state index is 12.4. The van der Waals surface area contributed by atoms with Gasteiger partial charge in [0.15, 0.2) is 0 Å². The third-order valence-corrected chi connectivity index (χ3v) is 4.17. The first-order chi connectivity index (χ1) is 9.12. The molecule has 1 aliphatic rings. The molecule has 0 saturated heterocycles. The molecule has 3 nitrogen and oxygen atoms in total. The molecule has 1 aliphatic heterocycles. The fraction of sp³-hybridized carbons (Fsp3) is 0.750. The van der Waals surface area contributed by atoms with Gasteiger partial charge in [0.25, 0.3) is 0 Å². The van der Waals surface area contributed by atoms with Crippen molar-refractivity contribution in [3.8, 4) is 0 Å². The SMILES string of the molecule is CCCCC(C)(CC)C(=O)CCCC1=CCN=CN1. The van der Waals surface area contributed by atoms with Crippen LogP contribution >= 0.6 is 0 Å². The van der Waals surface area contributed by atoms with Crippen molar-refractivity contribution in [3.05, 3.63) is 11.8 Å². The van der Waals surface area contributed by atoms with Gasteiger partial charge in [-0.2, -0.15) is 0 Å². The molecule has 3 heteroatoms. The molecule has 1 atom stereocenters. The molecule has 0 aliphatic carbocycles. The number of Topliss-reactive ketones (excluding diaryl/α,β-unsaturated/α-hetero) is 1.